The summed E-state index contributed by atoms with van der Waals surface area (Å²) >= 11 is 5.88. The van der Waals surface area contributed by atoms with Crippen molar-refractivity contribution in [3.8, 4) is 0 Å². The summed E-state index contributed by atoms with van der Waals surface area (Å²) in [7, 11) is 0. The molecule has 3 N–H and O–H groups in total. The number of halogens is 1. The Morgan fingerprint density at radius 3 is 2.68 bits per heavy atom. The van der Waals surface area contributed by atoms with E-state index in [1.807, 2.05) is 42.5 Å². The third kappa shape index (κ3) is 5.42. The summed E-state index contributed by atoms with van der Waals surface area (Å²) < 4.78 is 0. The molecule has 1 amide bonds. The van der Waals surface area contributed by atoms with Crippen LogP contribution in [-0.2, 0) is 11.2 Å². The molecular weight excluding hydrogens is 298 g/mol. The van der Waals surface area contributed by atoms with Crippen LogP contribution in [0, 0.1) is 0 Å². The van der Waals surface area contributed by atoms with Gasteiger partial charge in [0, 0.05) is 16.9 Å². The Kier molecular flexibility index (Phi) is 5.74. The van der Waals surface area contributed by atoms with Gasteiger partial charge in [0.2, 0.25) is 0 Å². The van der Waals surface area contributed by atoms with E-state index in [0.29, 0.717) is 5.02 Å². The minimum Gasteiger partial charge on any atom is -0.384 e. The molecule has 0 radical (unpaired) electrons. The summed E-state index contributed by atoms with van der Waals surface area (Å²) in [6, 6.07) is 16.7. The highest BCUT2D eigenvalue weighted by molar-refractivity contribution is 6.30. The highest BCUT2D eigenvalue weighted by Crippen LogP contribution is 2.14. The Labute approximate surface area is 134 Å². The SMILES string of the molecule is NC(/C=C\Nc1cccc(Cl)c1)=NC(=O)Cc1ccccc1. The van der Waals surface area contributed by atoms with Crippen LogP contribution in [0.3, 0.4) is 0 Å². The van der Waals surface area contributed by atoms with Crippen LogP contribution >= 0.6 is 11.6 Å². The summed E-state index contributed by atoms with van der Waals surface area (Å²) in [6.07, 6.45) is 3.38. The van der Waals surface area contributed by atoms with Crippen molar-refractivity contribution in [2.45, 2.75) is 6.42 Å². The van der Waals surface area contributed by atoms with E-state index in [1.165, 1.54) is 6.08 Å². The van der Waals surface area contributed by atoms with Gasteiger partial charge in [-0.1, -0.05) is 48.0 Å². The van der Waals surface area contributed by atoms with Crippen molar-refractivity contribution in [2.75, 3.05) is 5.32 Å². The van der Waals surface area contributed by atoms with E-state index >= 15 is 0 Å². The zero-order chi connectivity index (χ0) is 15.8. The molecule has 0 aliphatic heterocycles. The smallest absolute Gasteiger partial charge is 0.252 e. The van der Waals surface area contributed by atoms with Gasteiger partial charge < -0.3 is 11.1 Å². The van der Waals surface area contributed by atoms with Crippen LogP contribution in [0.4, 0.5) is 5.69 Å². The van der Waals surface area contributed by atoms with E-state index in [9.17, 15) is 4.79 Å². The van der Waals surface area contributed by atoms with Crippen LogP contribution in [0.5, 0.6) is 0 Å². The number of nitrogens with one attached hydrogen (secondary N) is 1. The minimum atomic E-state index is -0.281. The predicted molar refractivity (Wildman–Crippen MR) is 91.0 cm³/mol. The summed E-state index contributed by atoms with van der Waals surface area (Å²) in [5.41, 5.74) is 7.43. The van der Waals surface area contributed by atoms with Gasteiger partial charge in [-0.3, -0.25) is 4.79 Å². The second kappa shape index (κ2) is 8.00. The van der Waals surface area contributed by atoms with Crippen LogP contribution in [0.15, 0.2) is 71.9 Å². The number of rotatable bonds is 5. The van der Waals surface area contributed by atoms with Gasteiger partial charge >= 0.3 is 0 Å². The van der Waals surface area contributed by atoms with Crippen molar-refractivity contribution >= 4 is 29.0 Å². The van der Waals surface area contributed by atoms with Crippen LogP contribution in [0.25, 0.3) is 0 Å². The van der Waals surface area contributed by atoms with Gasteiger partial charge in [0.05, 0.1) is 6.42 Å². The van der Waals surface area contributed by atoms with Crippen molar-refractivity contribution in [2.24, 2.45) is 10.7 Å². The molecule has 0 atom stereocenters. The van der Waals surface area contributed by atoms with E-state index in [4.69, 9.17) is 17.3 Å². The fraction of sp³-hybridized carbons (Fsp3) is 0.0588. The van der Waals surface area contributed by atoms with Crippen LogP contribution < -0.4 is 11.1 Å². The molecule has 5 heteroatoms. The molecule has 2 rings (SSSR count). The number of anilines is 1. The third-order valence-electron chi connectivity index (χ3n) is 2.78. The second-order valence-electron chi connectivity index (χ2n) is 4.58. The Bertz CT molecular complexity index is 696. The normalized spacial score (nSPS) is 11.6. The molecule has 0 heterocycles. The zero-order valence-corrected chi connectivity index (χ0v) is 12.6. The zero-order valence-electron chi connectivity index (χ0n) is 11.9. The average Bonchev–Trinajstić information content (AvgIpc) is 2.48. The molecule has 2 aromatic rings. The van der Waals surface area contributed by atoms with E-state index in [0.717, 1.165) is 11.3 Å². The van der Waals surface area contributed by atoms with E-state index in [-0.39, 0.29) is 18.2 Å². The molecule has 2 aromatic carbocycles. The van der Waals surface area contributed by atoms with Crippen molar-refractivity contribution in [3.63, 3.8) is 0 Å². The lowest BCUT2D eigenvalue weighted by Gasteiger charge is -2.00. The molecule has 0 saturated carbocycles. The largest absolute Gasteiger partial charge is 0.384 e. The quantitative estimate of drug-likeness (QED) is 0.656. The number of nitrogens with zero attached hydrogens (tertiary/aromatic N) is 1. The van der Waals surface area contributed by atoms with Crippen LogP contribution in [-0.4, -0.2) is 11.7 Å². The number of carbonyl (C=O) groups is 1. The summed E-state index contributed by atoms with van der Waals surface area (Å²) in [5.74, 6) is -0.133. The predicted octanol–water partition coefficient (Wildman–Crippen LogP) is 3.39. The van der Waals surface area contributed by atoms with Gasteiger partial charge in [0.1, 0.15) is 5.84 Å². The molecule has 0 unspecified atom stereocenters. The van der Waals surface area contributed by atoms with Gasteiger partial charge in [-0.2, -0.15) is 4.99 Å². The topological polar surface area (TPSA) is 67.5 Å². The average molecular weight is 314 g/mol. The molecule has 112 valence electrons. The molecule has 4 nitrogen and oxygen atoms in total. The van der Waals surface area contributed by atoms with Crippen molar-refractivity contribution in [1.82, 2.24) is 0 Å². The molecule has 0 aliphatic carbocycles. The molecule has 0 bridgehead atoms. The molecule has 0 spiro atoms. The van der Waals surface area contributed by atoms with Crippen molar-refractivity contribution in [1.29, 1.82) is 0 Å². The number of hydrogen-bond donors (Lipinski definition) is 2. The first-order chi connectivity index (χ1) is 10.6. The summed E-state index contributed by atoms with van der Waals surface area (Å²) in [4.78, 5) is 15.6. The highest BCUT2D eigenvalue weighted by atomic mass is 35.5. The molecule has 22 heavy (non-hydrogen) atoms. The Hall–Kier alpha value is -2.59. The van der Waals surface area contributed by atoms with E-state index in [1.54, 1.807) is 18.3 Å². The number of hydrogen-bond acceptors (Lipinski definition) is 2. The maximum absolute atomic E-state index is 11.8. The van der Waals surface area contributed by atoms with Crippen molar-refractivity contribution < 1.29 is 4.79 Å². The standard InChI is InChI=1S/C17H16ClN3O/c18-14-7-4-8-15(12-14)20-10-9-16(19)21-17(22)11-13-5-2-1-3-6-13/h1-10,12,20H,11H2,(H2,19,21,22)/b10-9-. The highest BCUT2D eigenvalue weighted by Gasteiger charge is 2.01. The number of amidine groups is 1. The molecule has 0 aromatic heterocycles. The maximum atomic E-state index is 11.8. The lowest BCUT2D eigenvalue weighted by molar-refractivity contribution is -0.117. The summed E-state index contributed by atoms with van der Waals surface area (Å²) in [6.45, 7) is 0. The van der Waals surface area contributed by atoms with E-state index < -0.39 is 0 Å². The van der Waals surface area contributed by atoms with E-state index in [2.05, 4.69) is 10.3 Å². The maximum Gasteiger partial charge on any atom is 0.252 e. The minimum absolute atomic E-state index is 0.149. The molecule has 0 saturated heterocycles. The monoisotopic (exact) mass is 313 g/mol. The van der Waals surface area contributed by atoms with Gasteiger partial charge in [-0.05, 0) is 29.8 Å². The molecule has 0 fully saturated rings. The van der Waals surface area contributed by atoms with Crippen molar-refractivity contribution in [3.05, 3.63) is 77.5 Å². The fourth-order valence-corrected chi connectivity index (χ4v) is 1.98. The summed E-state index contributed by atoms with van der Waals surface area (Å²) in [5, 5.41) is 3.64. The number of nitrogens with two attached hydrogens (primary N) is 1. The Balaban J connectivity index is 1.89. The number of aliphatic imine (C=N–C) groups is 1. The lowest BCUT2D eigenvalue weighted by atomic mass is 10.1. The van der Waals surface area contributed by atoms with Gasteiger partial charge in [0.15, 0.2) is 0 Å². The first-order valence-corrected chi connectivity index (χ1v) is 7.11. The number of amides is 1. The Morgan fingerprint density at radius 2 is 1.95 bits per heavy atom. The lowest BCUT2D eigenvalue weighted by Crippen LogP contribution is -2.12. The number of benzene rings is 2. The van der Waals surface area contributed by atoms with Gasteiger partial charge in [-0.25, -0.2) is 0 Å². The Morgan fingerprint density at radius 1 is 1.18 bits per heavy atom. The van der Waals surface area contributed by atoms with Crippen LogP contribution in [0.1, 0.15) is 5.56 Å². The fourth-order valence-electron chi connectivity index (χ4n) is 1.79. The van der Waals surface area contributed by atoms with Gasteiger partial charge in [0.25, 0.3) is 5.91 Å². The van der Waals surface area contributed by atoms with Crippen LogP contribution in [0.2, 0.25) is 5.02 Å². The molecular formula is C17H16ClN3O. The second-order valence-corrected chi connectivity index (χ2v) is 5.02. The number of carbonyl (C=O) groups excluding carboxylic acids is 1. The first-order valence-electron chi connectivity index (χ1n) is 6.73. The first kappa shape index (κ1) is 15.8. The molecule has 0 aliphatic rings. The third-order valence-corrected chi connectivity index (χ3v) is 3.02. The van der Waals surface area contributed by atoms with Gasteiger partial charge in [-0.15, -0.1) is 0 Å².